The molecule has 1 aromatic heterocycles. The number of para-hydroxylation sites is 2. The lowest BCUT2D eigenvalue weighted by Gasteiger charge is -2.19. The molecule has 1 heterocycles. The third kappa shape index (κ3) is 4.61. The Morgan fingerprint density at radius 2 is 1.96 bits per heavy atom. The van der Waals surface area contributed by atoms with Gasteiger partial charge in [-0.15, -0.1) is 24.0 Å². The van der Waals surface area contributed by atoms with E-state index in [0.717, 1.165) is 30.6 Å². The van der Waals surface area contributed by atoms with Crippen molar-refractivity contribution in [2.75, 3.05) is 11.9 Å². The molecule has 0 radical (unpaired) electrons. The number of anilines is 1. The van der Waals surface area contributed by atoms with Crippen LogP contribution in [0.5, 0.6) is 0 Å². The maximum absolute atomic E-state index is 6.11. The van der Waals surface area contributed by atoms with Crippen LogP contribution in [0.25, 0.3) is 11.0 Å². The van der Waals surface area contributed by atoms with E-state index in [9.17, 15) is 0 Å². The molecule has 0 atom stereocenters. The minimum Gasteiger partial charge on any atom is -0.370 e. The Labute approximate surface area is 177 Å². The van der Waals surface area contributed by atoms with Crippen LogP contribution < -0.4 is 11.1 Å². The van der Waals surface area contributed by atoms with E-state index in [0.29, 0.717) is 12.5 Å². The number of imidazole rings is 1. The van der Waals surface area contributed by atoms with Crippen LogP contribution in [0.3, 0.4) is 0 Å². The van der Waals surface area contributed by atoms with E-state index < -0.39 is 0 Å². The van der Waals surface area contributed by atoms with Gasteiger partial charge in [-0.2, -0.15) is 0 Å². The molecule has 142 valence electrons. The summed E-state index contributed by atoms with van der Waals surface area (Å²) < 4.78 is 2.17. The van der Waals surface area contributed by atoms with Crippen molar-refractivity contribution in [3.8, 4) is 0 Å². The molecule has 1 aliphatic rings. The minimum atomic E-state index is 0. The van der Waals surface area contributed by atoms with Crippen LogP contribution in [0.1, 0.15) is 30.4 Å². The Morgan fingerprint density at radius 3 is 2.89 bits per heavy atom. The molecule has 0 unspecified atom stereocenters. The Morgan fingerprint density at radius 1 is 1.11 bits per heavy atom. The van der Waals surface area contributed by atoms with Gasteiger partial charge in [-0.25, -0.2) is 4.98 Å². The van der Waals surface area contributed by atoms with E-state index in [1.165, 1.54) is 35.9 Å². The first-order valence-corrected chi connectivity index (χ1v) is 9.39. The molecule has 0 saturated heterocycles. The van der Waals surface area contributed by atoms with Gasteiger partial charge < -0.3 is 15.6 Å². The van der Waals surface area contributed by atoms with Gasteiger partial charge in [0.05, 0.1) is 17.4 Å². The molecule has 2 aromatic carbocycles. The lowest BCUT2D eigenvalue weighted by molar-refractivity contribution is 0.666. The van der Waals surface area contributed by atoms with E-state index in [-0.39, 0.29) is 24.0 Å². The largest absolute Gasteiger partial charge is 0.370 e. The van der Waals surface area contributed by atoms with E-state index in [4.69, 9.17) is 5.73 Å². The second-order valence-corrected chi connectivity index (χ2v) is 6.82. The second kappa shape index (κ2) is 9.21. The van der Waals surface area contributed by atoms with E-state index in [1.54, 1.807) is 0 Å². The smallest absolute Gasteiger partial charge is 0.193 e. The summed E-state index contributed by atoms with van der Waals surface area (Å²) in [6.07, 6.45) is 7.65. The Balaban J connectivity index is 0.00000210. The summed E-state index contributed by atoms with van der Waals surface area (Å²) in [5.74, 6) is 0.500. The molecular formula is C21H26IN5. The average Bonchev–Trinajstić information content (AvgIpc) is 3.09. The molecular weight excluding hydrogens is 449 g/mol. The fourth-order valence-corrected chi connectivity index (χ4v) is 3.70. The van der Waals surface area contributed by atoms with Gasteiger partial charge in [-0.3, -0.25) is 4.99 Å². The first kappa shape index (κ1) is 19.7. The standard InChI is InChI=1S/C21H25N5.HI/c22-21(25-18-11-5-8-16-7-1-2-9-17(16)18)23-13-6-14-26-15-24-19-10-3-4-12-20(19)26;/h3-5,8,10-12,15H,1-2,6-7,9,13-14H2,(H3,22,23,25);1H. The predicted molar refractivity (Wildman–Crippen MR) is 123 cm³/mol. The molecule has 4 rings (SSSR count). The average molecular weight is 475 g/mol. The van der Waals surface area contributed by atoms with Gasteiger partial charge in [0, 0.05) is 18.8 Å². The van der Waals surface area contributed by atoms with Crippen molar-refractivity contribution in [3.05, 3.63) is 59.9 Å². The number of aryl methyl sites for hydroxylation is 2. The highest BCUT2D eigenvalue weighted by atomic mass is 127. The Bertz CT molecular complexity index is 931. The lowest BCUT2D eigenvalue weighted by atomic mass is 9.90. The van der Waals surface area contributed by atoms with Crippen LogP contribution in [0.4, 0.5) is 5.69 Å². The van der Waals surface area contributed by atoms with E-state index in [2.05, 4.69) is 44.1 Å². The van der Waals surface area contributed by atoms with Crippen molar-refractivity contribution in [2.45, 2.75) is 38.6 Å². The number of guanidine groups is 1. The van der Waals surface area contributed by atoms with Crippen LogP contribution in [-0.4, -0.2) is 22.1 Å². The van der Waals surface area contributed by atoms with Gasteiger partial charge in [0.25, 0.3) is 0 Å². The first-order chi connectivity index (χ1) is 12.8. The summed E-state index contributed by atoms with van der Waals surface area (Å²) in [6.45, 7) is 1.58. The highest BCUT2D eigenvalue weighted by molar-refractivity contribution is 14.0. The molecule has 27 heavy (non-hydrogen) atoms. The van der Waals surface area contributed by atoms with Gasteiger partial charge in [0.15, 0.2) is 5.96 Å². The summed E-state index contributed by atoms with van der Waals surface area (Å²) in [7, 11) is 0. The molecule has 0 spiro atoms. The van der Waals surface area contributed by atoms with Gasteiger partial charge >= 0.3 is 0 Å². The molecule has 0 amide bonds. The number of aromatic nitrogens is 2. The van der Waals surface area contributed by atoms with Crippen LogP contribution in [0, 0.1) is 0 Å². The summed E-state index contributed by atoms with van der Waals surface area (Å²) in [5, 5.41) is 3.30. The van der Waals surface area contributed by atoms with Crippen LogP contribution in [-0.2, 0) is 19.4 Å². The number of aliphatic imine (C=N–C) groups is 1. The Kier molecular flexibility index (Phi) is 6.71. The van der Waals surface area contributed by atoms with Crippen molar-refractivity contribution in [2.24, 2.45) is 10.7 Å². The van der Waals surface area contributed by atoms with Crippen LogP contribution >= 0.6 is 24.0 Å². The third-order valence-corrected chi connectivity index (χ3v) is 5.03. The number of hydrogen-bond donors (Lipinski definition) is 2. The summed E-state index contributed by atoms with van der Waals surface area (Å²) >= 11 is 0. The number of rotatable bonds is 5. The number of fused-ring (bicyclic) bond motifs is 2. The highest BCUT2D eigenvalue weighted by Gasteiger charge is 2.13. The molecule has 1 aliphatic carbocycles. The maximum Gasteiger partial charge on any atom is 0.193 e. The molecule has 3 aromatic rings. The molecule has 3 N–H and O–H groups in total. The summed E-state index contributed by atoms with van der Waals surface area (Å²) in [4.78, 5) is 8.92. The zero-order chi connectivity index (χ0) is 17.8. The quantitative estimate of drug-likeness (QED) is 0.250. The maximum atomic E-state index is 6.11. The minimum absolute atomic E-state index is 0. The zero-order valence-electron chi connectivity index (χ0n) is 15.4. The molecule has 0 bridgehead atoms. The van der Waals surface area contributed by atoms with Crippen molar-refractivity contribution in [1.29, 1.82) is 0 Å². The van der Waals surface area contributed by atoms with Crippen molar-refractivity contribution < 1.29 is 0 Å². The predicted octanol–water partition coefficient (Wildman–Crippen LogP) is 4.35. The monoisotopic (exact) mass is 475 g/mol. The van der Waals surface area contributed by atoms with Gasteiger partial charge in [-0.05, 0) is 61.4 Å². The second-order valence-electron chi connectivity index (χ2n) is 6.82. The number of nitrogens with zero attached hydrogens (tertiary/aromatic N) is 3. The lowest BCUT2D eigenvalue weighted by Crippen LogP contribution is -2.24. The zero-order valence-corrected chi connectivity index (χ0v) is 17.7. The van der Waals surface area contributed by atoms with E-state index in [1.807, 2.05) is 24.5 Å². The third-order valence-electron chi connectivity index (χ3n) is 5.03. The number of benzene rings is 2. The van der Waals surface area contributed by atoms with Gasteiger partial charge in [0.1, 0.15) is 0 Å². The topological polar surface area (TPSA) is 68.2 Å². The van der Waals surface area contributed by atoms with Crippen LogP contribution in [0.15, 0.2) is 53.8 Å². The molecule has 0 aliphatic heterocycles. The van der Waals surface area contributed by atoms with Crippen molar-refractivity contribution in [1.82, 2.24) is 9.55 Å². The fourth-order valence-electron chi connectivity index (χ4n) is 3.70. The number of hydrogen-bond acceptors (Lipinski definition) is 2. The van der Waals surface area contributed by atoms with Crippen molar-refractivity contribution >= 4 is 46.7 Å². The summed E-state index contributed by atoms with van der Waals surface area (Å²) in [6, 6.07) is 14.6. The Hall–Kier alpha value is -2.09. The number of nitrogens with one attached hydrogen (secondary N) is 1. The molecule has 5 nitrogen and oxygen atoms in total. The normalized spacial score (nSPS) is 13.9. The summed E-state index contributed by atoms with van der Waals surface area (Å²) in [5.41, 5.74) is 12.3. The van der Waals surface area contributed by atoms with Crippen LogP contribution in [0.2, 0.25) is 0 Å². The van der Waals surface area contributed by atoms with Crippen molar-refractivity contribution in [3.63, 3.8) is 0 Å². The van der Waals surface area contributed by atoms with E-state index >= 15 is 0 Å². The van der Waals surface area contributed by atoms with Gasteiger partial charge in [0.2, 0.25) is 0 Å². The number of halogens is 1. The molecule has 6 heteroatoms. The first-order valence-electron chi connectivity index (χ1n) is 9.39. The molecule has 0 fully saturated rings. The fraction of sp³-hybridized carbons (Fsp3) is 0.333. The highest BCUT2D eigenvalue weighted by Crippen LogP contribution is 2.27. The van der Waals surface area contributed by atoms with Gasteiger partial charge in [-0.1, -0.05) is 24.3 Å². The SMILES string of the molecule is I.NC(=NCCCn1cnc2ccccc21)Nc1cccc2c1CCCC2. The number of nitrogens with two attached hydrogens (primary N) is 1. The molecule has 0 saturated carbocycles.